The average Bonchev–Trinajstić information content (AvgIpc) is 2.77. The van der Waals surface area contributed by atoms with Gasteiger partial charge in [0.1, 0.15) is 0 Å². The summed E-state index contributed by atoms with van der Waals surface area (Å²) in [5.74, 6) is -0.163. The molecule has 0 unspecified atom stereocenters. The van der Waals surface area contributed by atoms with Crippen molar-refractivity contribution in [2.75, 3.05) is 13.7 Å². The number of carbonyl (C=O) groups excluding carboxylic acids is 2. The molecule has 0 aliphatic rings. The molecule has 0 saturated heterocycles. The third-order valence-electron chi connectivity index (χ3n) is 4.54. The first-order chi connectivity index (χ1) is 14.7. The summed E-state index contributed by atoms with van der Waals surface area (Å²) in [7, 11) is -1.94. The van der Waals surface area contributed by atoms with Crippen molar-refractivity contribution in [1.82, 2.24) is 10.9 Å². The normalized spacial score (nSPS) is 11.1. The number of rotatable bonds is 9. The van der Waals surface area contributed by atoms with Crippen LogP contribution in [0.1, 0.15) is 54.3 Å². The van der Waals surface area contributed by atoms with Crippen molar-refractivity contribution < 1.29 is 27.5 Å². The van der Waals surface area contributed by atoms with E-state index in [1.807, 2.05) is 0 Å². The second kappa shape index (κ2) is 10.8. The number of carbonyl (C=O) groups is 2. The SMILES string of the molecule is CCCCOc1ccc(C(=O)NNC(=O)c2ccc(S(=O)(=O)C(C)C)cc2)cc1OC. The molecule has 0 saturated carbocycles. The molecule has 0 fully saturated rings. The Bertz CT molecular complexity index is 1020. The number of benzene rings is 2. The van der Waals surface area contributed by atoms with Crippen LogP contribution in [0, 0.1) is 0 Å². The van der Waals surface area contributed by atoms with Crippen LogP contribution < -0.4 is 20.3 Å². The van der Waals surface area contributed by atoms with Gasteiger partial charge in [0.2, 0.25) is 0 Å². The number of hydrazine groups is 1. The van der Waals surface area contributed by atoms with Crippen molar-refractivity contribution in [2.45, 2.75) is 43.8 Å². The fraction of sp³-hybridized carbons (Fsp3) is 0.364. The molecular formula is C22H28N2O6S. The van der Waals surface area contributed by atoms with E-state index in [1.165, 1.54) is 37.4 Å². The second-order valence-corrected chi connectivity index (χ2v) is 9.60. The zero-order valence-corrected chi connectivity index (χ0v) is 18.9. The molecule has 0 aliphatic carbocycles. The lowest BCUT2D eigenvalue weighted by atomic mass is 10.2. The van der Waals surface area contributed by atoms with Gasteiger partial charge < -0.3 is 9.47 Å². The topological polar surface area (TPSA) is 111 Å². The zero-order valence-electron chi connectivity index (χ0n) is 18.1. The first-order valence-corrected chi connectivity index (χ1v) is 11.5. The third-order valence-corrected chi connectivity index (χ3v) is 6.71. The number of unbranched alkanes of at least 4 members (excludes halogenated alkanes) is 1. The highest BCUT2D eigenvalue weighted by Gasteiger charge is 2.19. The van der Waals surface area contributed by atoms with Gasteiger partial charge in [0.25, 0.3) is 11.8 Å². The standard InChI is InChI=1S/C22H28N2O6S/c1-5-6-13-30-19-12-9-17(14-20(19)29-4)22(26)24-23-21(25)16-7-10-18(11-8-16)31(27,28)15(2)3/h7-12,14-15H,5-6,13H2,1-4H3,(H,23,25)(H,24,26). The molecule has 2 amide bonds. The van der Waals surface area contributed by atoms with E-state index >= 15 is 0 Å². The largest absolute Gasteiger partial charge is 0.493 e. The summed E-state index contributed by atoms with van der Waals surface area (Å²) in [6.07, 6.45) is 1.90. The lowest BCUT2D eigenvalue weighted by molar-refractivity contribution is 0.0846. The number of nitrogens with one attached hydrogen (secondary N) is 2. The molecule has 8 nitrogen and oxygen atoms in total. The molecule has 2 aromatic rings. The van der Waals surface area contributed by atoms with Crippen LogP contribution in [0.25, 0.3) is 0 Å². The van der Waals surface area contributed by atoms with Crippen LogP contribution in [0.2, 0.25) is 0 Å². The Kier molecular flexibility index (Phi) is 8.44. The number of ether oxygens (including phenoxy) is 2. The van der Waals surface area contributed by atoms with Gasteiger partial charge in [0.05, 0.1) is 23.9 Å². The summed E-state index contributed by atoms with van der Waals surface area (Å²) in [4.78, 5) is 24.8. The van der Waals surface area contributed by atoms with E-state index in [4.69, 9.17) is 9.47 Å². The molecule has 2 rings (SSSR count). The number of amides is 2. The smallest absolute Gasteiger partial charge is 0.269 e. The Balaban J connectivity index is 2.01. The molecule has 31 heavy (non-hydrogen) atoms. The highest BCUT2D eigenvalue weighted by molar-refractivity contribution is 7.92. The van der Waals surface area contributed by atoms with Crippen LogP contribution in [-0.4, -0.2) is 39.2 Å². The average molecular weight is 449 g/mol. The van der Waals surface area contributed by atoms with Gasteiger partial charge in [0, 0.05) is 11.1 Å². The molecule has 2 aromatic carbocycles. The Hall–Kier alpha value is -3.07. The quantitative estimate of drug-likeness (QED) is 0.450. The first-order valence-electron chi connectivity index (χ1n) is 9.96. The van der Waals surface area contributed by atoms with E-state index in [1.54, 1.807) is 26.0 Å². The van der Waals surface area contributed by atoms with Gasteiger partial charge in [-0.15, -0.1) is 0 Å². The molecular weight excluding hydrogens is 420 g/mol. The molecule has 0 bridgehead atoms. The number of sulfone groups is 1. The summed E-state index contributed by atoms with van der Waals surface area (Å²) >= 11 is 0. The van der Waals surface area contributed by atoms with E-state index in [9.17, 15) is 18.0 Å². The minimum absolute atomic E-state index is 0.136. The maximum absolute atomic E-state index is 12.4. The summed E-state index contributed by atoms with van der Waals surface area (Å²) in [5, 5.41) is -0.563. The maximum atomic E-state index is 12.4. The van der Waals surface area contributed by atoms with Crippen molar-refractivity contribution >= 4 is 21.7 Å². The molecule has 0 aliphatic heterocycles. The van der Waals surface area contributed by atoms with Gasteiger partial charge in [-0.2, -0.15) is 0 Å². The highest BCUT2D eigenvalue weighted by atomic mass is 32.2. The Morgan fingerprint density at radius 1 is 0.935 bits per heavy atom. The molecule has 0 radical (unpaired) electrons. The predicted molar refractivity (Wildman–Crippen MR) is 117 cm³/mol. The minimum Gasteiger partial charge on any atom is -0.493 e. The second-order valence-electron chi connectivity index (χ2n) is 7.09. The number of hydrogen-bond donors (Lipinski definition) is 2. The van der Waals surface area contributed by atoms with Gasteiger partial charge in [-0.25, -0.2) is 8.42 Å². The molecule has 2 N–H and O–H groups in total. The van der Waals surface area contributed by atoms with E-state index in [0.29, 0.717) is 18.1 Å². The first kappa shape index (κ1) is 24.2. The van der Waals surface area contributed by atoms with E-state index in [0.717, 1.165) is 12.8 Å². The van der Waals surface area contributed by atoms with Gasteiger partial charge in [0.15, 0.2) is 21.3 Å². The summed E-state index contributed by atoms with van der Waals surface area (Å²) in [6, 6.07) is 10.2. The zero-order chi connectivity index (χ0) is 23.0. The lowest BCUT2D eigenvalue weighted by Crippen LogP contribution is -2.41. The monoisotopic (exact) mass is 448 g/mol. The molecule has 0 atom stereocenters. The summed E-state index contributed by atoms with van der Waals surface area (Å²) < 4.78 is 35.2. The van der Waals surface area contributed by atoms with Gasteiger partial charge in [-0.3, -0.25) is 20.4 Å². The third kappa shape index (κ3) is 6.21. The molecule has 0 spiro atoms. The molecule has 0 aromatic heterocycles. The lowest BCUT2D eigenvalue weighted by Gasteiger charge is -2.13. The van der Waals surface area contributed by atoms with Crippen molar-refractivity contribution in [3.05, 3.63) is 53.6 Å². The Morgan fingerprint density at radius 3 is 2.06 bits per heavy atom. The molecule has 168 valence electrons. The maximum Gasteiger partial charge on any atom is 0.269 e. The van der Waals surface area contributed by atoms with Crippen LogP contribution in [0.5, 0.6) is 11.5 Å². The van der Waals surface area contributed by atoms with E-state index < -0.39 is 26.9 Å². The Labute approximate surface area is 182 Å². The predicted octanol–water partition coefficient (Wildman–Crippen LogP) is 3.13. The summed E-state index contributed by atoms with van der Waals surface area (Å²) in [6.45, 7) is 5.78. The van der Waals surface area contributed by atoms with Gasteiger partial charge in [-0.1, -0.05) is 13.3 Å². The van der Waals surface area contributed by atoms with Crippen LogP contribution in [-0.2, 0) is 9.84 Å². The number of hydrogen-bond acceptors (Lipinski definition) is 6. The number of methoxy groups -OCH3 is 1. The Morgan fingerprint density at radius 2 is 1.52 bits per heavy atom. The van der Waals surface area contributed by atoms with Crippen molar-refractivity contribution in [3.8, 4) is 11.5 Å². The van der Waals surface area contributed by atoms with Crippen LogP contribution >= 0.6 is 0 Å². The fourth-order valence-electron chi connectivity index (χ4n) is 2.58. The fourth-order valence-corrected chi connectivity index (χ4v) is 3.64. The molecule has 0 heterocycles. The van der Waals surface area contributed by atoms with E-state index in [-0.39, 0.29) is 16.0 Å². The highest BCUT2D eigenvalue weighted by Crippen LogP contribution is 2.28. The van der Waals surface area contributed by atoms with Crippen LogP contribution in [0.3, 0.4) is 0 Å². The van der Waals surface area contributed by atoms with Crippen LogP contribution in [0.15, 0.2) is 47.4 Å². The van der Waals surface area contributed by atoms with E-state index in [2.05, 4.69) is 17.8 Å². The van der Waals surface area contributed by atoms with Crippen molar-refractivity contribution in [1.29, 1.82) is 0 Å². The van der Waals surface area contributed by atoms with Gasteiger partial charge >= 0.3 is 0 Å². The minimum atomic E-state index is -3.42. The van der Waals surface area contributed by atoms with Crippen LogP contribution in [0.4, 0.5) is 0 Å². The van der Waals surface area contributed by atoms with Crippen molar-refractivity contribution in [2.24, 2.45) is 0 Å². The molecule has 9 heteroatoms. The van der Waals surface area contributed by atoms with Gasteiger partial charge in [-0.05, 0) is 62.7 Å². The summed E-state index contributed by atoms with van der Waals surface area (Å²) in [5.41, 5.74) is 5.13. The van der Waals surface area contributed by atoms with Crippen molar-refractivity contribution in [3.63, 3.8) is 0 Å².